The molecule has 210 valence electrons. The molecule has 1 aliphatic carbocycles. The van der Waals surface area contributed by atoms with Crippen LogP contribution in [0.25, 0.3) is 0 Å². The van der Waals surface area contributed by atoms with Crippen LogP contribution in [0.15, 0.2) is 64.6 Å². The van der Waals surface area contributed by atoms with Crippen LogP contribution >= 0.6 is 0 Å². The molecule has 1 N–H and O–H groups in total. The van der Waals surface area contributed by atoms with Crippen molar-refractivity contribution < 1.29 is 36.0 Å². The van der Waals surface area contributed by atoms with Crippen molar-refractivity contribution >= 4 is 21.6 Å². The maximum Gasteiger partial charge on any atom is 0.416 e. The first-order valence-electron chi connectivity index (χ1n) is 12.9. The second-order valence-electron chi connectivity index (χ2n) is 10.3. The molecule has 2 fully saturated rings. The zero-order valence-corrected chi connectivity index (χ0v) is 22.0. The molecule has 2 atom stereocenters. The number of halogens is 3. The average Bonchev–Trinajstić information content (AvgIpc) is 3.55. The smallest absolute Gasteiger partial charge is 0.388 e. The van der Waals surface area contributed by atoms with E-state index in [1.54, 1.807) is 0 Å². The van der Waals surface area contributed by atoms with Gasteiger partial charge in [0, 0.05) is 32.4 Å². The van der Waals surface area contributed by atoms with E-state index in [-0.39, 0.29) is 56.1 Å². The molecule has 2 aliphatic heterocycles. The van der Waals surface area contributed by atoms with Crippen molar-refractivity contribution in [2.24, 2.45) is 5.16 Å². The molecule has 2 aromatic rings. The fourth-order valence-electron chi connectivity index (χ4n) is 5.35. The number of sulfonamides is 1. The molecule has 0 bridgehead atoms. The van der Waals surface area contributed by atoms with E-state index in [0.717, 1.165) is 47.3 Å². The quantitative estimate of drug-likeness (QED) is 0.541. The molecule has 3 aliphatic rings. The summed E-state index contributed by atoms with van der Waals surface area (Å²) >= 11 is 0. The lowest BCUT2D eigenvalue weighted by atomic mass is 9.87. The first kappa shape index (κ1) is 27.6. The Balaban J connectivity index is 1.14. The van der Waals surface area contributed by atoms with Gasteiger partial charge in [0.25, 0.3) is 5.91 Å². The number of carbonyl (C=O) groups is 1. The zero-order chi connectivity index (χ0) is 27.7. The highest BCUT2D eigenvalue weighted by molar-refractivity contribution is 7.89. The molecule has 5 rings (SSSR count). The normalized spacial score (nSPS) is 23.4. The summed E-state index contributed by atoms with van der Waals surface area (Å²) in [5.74, 6) is -0.328. The standard InChI is InChI=1S/C27H30F3N3O5S/c28-27(29,30)20-8-4-9-21(16-20)39(35,36)33-14-12-26(13-15-33)17-23(32-38-26)25(34)31-22-10-5-11-24(22)37-18-19-6-2-1-3-7-19/h1-4,6-9,16,22,24H,5,10-15,17-18H2,(H,31,34). The number of ether oxygens (including phenoxy) is 1. The Bertz CT molecular complexity index is 1330. The number of oxime groups is 1. The number of alkyl halides is 3. The number of hydrogen-bond acceptors (Lipinski definition) is 6. The maximum atomic E-state index is 13.1. The number of amides is 1. The number of nitrogens with one attached hydrogen (secondary N) is 1. The van der Waals surface area contributed by atoms with Crippen molar-refractivity contribution in [1.29, 1.82) is 0 Å². The molecule has 2 aromatic carbocycles. The van der Waals surface area contributed by atoms with Crippen molar-refractivity contribution in [3.8, 4) is 0 Å². The van der Waals surface area contributed by atoms with Crippen LogP contribution < -0.4 is 5.32 Å². The van der Waals surface area contributed by atoms with Crippen molar-refractivity contribution in [3.05, 3.63) is 65.7 Å². The van der Waals surface area contributed by atoms with Gasteiger partial charge < -0.3 is 14.9 Å². The molecule has 0 aromatic heterocycles. The highest BCUT2D eigenvalue weighted by Gasteiger charge is 2.46. The molecule has 1 spiro atoms. The molecule has 1 saturated carbocycles. The van der Waals surface area contributed by atoms with Crippen LogP contribution in [0.1, 0.15) is 49.7 Å². The minimum Gasteiger partial charge on any atom is -0.388 e. The van der Waals surface area contributed by atoms with Gasteiger partial charge in [-0.1, -0.05) is 41.6 Å². The lowest BCUT2D eigenvalue weighted by molar-refractivity contribution is -0.137. The molecule has 1 saturated heterocycles. The minimum absolute atomic E-state index is 0.0427. The van der Waals surface area contributed by atoms with E-state index in [1.807, 2.05) is 30.3 Å². The summed E-state index contributed by atoms with van der Waals surface area (Å²) in [6, 6.07) is 13.4. The molecule has 8 nitrogen and oxygen atoms in total. The van der Waals surface area contributed by atoms with E-state index in [4.69, 9.17) is 9.57 Å². The Hall–Kier alpha value is -2.96. The Morgan fingerprint density at radius 1 is 1.10 bits per heavy atom. The lowest BCUT2D eigenvalue weighted by Crippen LogP contribution is -2.48. The monoisotopic (exact) mass is 565 g/mol. The fourth-order valence-corrected chi connectivity index (χ4v) is 6.84. The molecule has 2 unspecified atom stereocenters. The summed E-state index contributed by atoms with van der Waals surface area (Å²) < 4.78 is 72.5. The van der Waals surface area contributed by atoms with Gasteiger partial charge in [-0.15, -0.1) is 0 Å². The topological polar surface area (TPSA) is 97.3 Å². The van der Waals surface area contributed by atoms with Crippen molar-refractivity contribution in [2.45, 2.75) is 74.0 Å². The predicted molar refractivity (Wildman–Crippen MR) is 136 cm³/mol. The fraction of sp³-hybridized carbons (Fsp3) is 0.481. The molecule has 12 heteroatoms. The van der Waals surface area contributed by atoms with Crippen LogP contribution in [-0.2, 0) is 37.2 Å². The second kappa shape index (κ2) is 10.9. The number of nitrogens with zero attached hydrogens (tertiary/aromatic N) is 2. The van der Waals surface area contributed by atoms with Crippen LogP contribution in [-0.4, -0.2) is 55.2 Å². The Labute approximate surface area is 225 Å². The van der Waals surface area contributed by atoms with Crippen molar-refractivity contribution in [2.75, 3.05) is 13.1 Å². The molecular formula is C27H30F3N3O5S. The number of carbonyl (C=O) groups excluding carboxylic acids is 1. The zero-order valence-electron chi connectivity index (χ0n) is 21.2. The number of piperidine rings is 1. The van der Waals surface area contributed by atoms with Crippen LogP contribution in [0, 0.1) is 0 Å². The predicted octanol–water partition coefficient (Wildman–Crippen LogP) is 4.26. The molecular weight excluding hydrogens is 535 g/mol. The van der Waals surface area contributed by atoms with E-state index >= 15 is 0 Å². The van der Waals surface area contributed by atoms with E-state index in [9.17, 15) is 26.4 Å². The highest BCUT2D eigenvalue weighted by Crippen LogP contribution is 2.37. The van der Waals surface area contributed by atoms with Gasteiger partial charge in [0.05, 0.1) is 29.2 Å². The van der Waals surface area contributed by atoms with Gasteiger partial charge in [0.15, 0.2) is 0 Å². The van der Waals surface area contributed by atoms with Gasteiger partial charge in [0.1, 0.15) is 11.3 Å². The average molecular weight is 566 g/mol. The van der Waals surface area contributed by atoms with Crippen LogP contribution in [0.4, 0.5) is 13.2 Å². The summed E-state index contributed by atoms with van der Waals surface area (Å²) in [6.07, 6.45) is -1.40. The largest absolute Gasteiger partial charge is 0.416 e. The summed E-state index contributed by atoms with van der Waals surface area (Å²) in [7, 11) is -4.12. The van der Waals surface area contributed by atoms with E-state index in [2.05, 4.69) is 10.5 Å². The summed E-state index contributed by atoms with van der Waals surface area (Å²) in [4.78, 5) is 18.3. The van der Waals surface area contributed by atoms with E-state index in [1.165, 1.54) is 0 Å². The summed E-state index contributed by atoms with van der Waals surface area (Å²) in [5.41, 5.74) is -0.523. The van der Waals surface area contributed by atoms with Gasteiger partial charge in [-0.05, 0) is 43.0 Å². The number of hydrogen-bond donors (Lipinski definition) is 1. The third kappa shape index (κ3) is 6.12. The van der Waals surface area contributed by atoms with Crippen LogP contribution in [0.5, 0.6) is 0 Å². The third-order valence-corrected chi connectivity index (χ3v) is 9.50. The summed E-state index contributed by atoms with van der Waals surface area (Å²) in [5, 5.41) is 7.06. The Kier molecular flexibility index (Phi) is 7.71. The van der Waals surface area contributed by atoms with Gasteiger partial charge in [-0.2, -0.15) is 17.5 Å². The van der Waals surface area contributed by atoms with Gasteiger partial charge in [-0.25, -0.2) is 8.42 Å². The Morgan fingerprint density at radius 2 is 1.85 bits per heavy atom. The van der Waals surface area contributed by atoms with E-state index < -0.39 is 32.3 Å². The Morgan fingerprint density at radius 3 is 2.56 bits per heavy atom. The van der Waals surface area contributed by atoms with Gasteiger partial charge in [0.2, 0.25) is 10.0 Å². The van der Waals surface area contributed by atoms with Gasteiger partial charge >= 0.3 is 6.18 Å². The number of rotatable bonds is 7. The first-order valence-corrected chi connectivity index (χ1v) is 14.4. The highest BCUT2D eigenvalue weighted by atomic mass is 32.2. The molecule has 2 heterocycles. The van der Waals surface area contributed by atoms with Crippen molar-refractivity contribution in [3.63, 3.8) is 0 Å². The van der Waals surface area contributed by atoms with Crippen molar-refractivity contribution in [1.82, 2.24) is 9.62 Å². The summed E-state index contributed by atoms with van der Waals surface area (Å²) in [6.45, 7) is 0.549. The number of benzene rings is 2. The maximum absolute atomic E-state index is 13.1. The molecule has 0 radical (unpaired) electrons. The second-order valence-corrected chi connectivity index (χ2v) is 12.2. The van der Waals surface area contributed by atoms with Gasteiger partial charge in [-0.3, -0.25) is 4.79 Å². The minimum atomic E-state index is -4.64. The SMILES string of the molecule is O=C(NC1CCCC1OCc1ccccc1)C1=NOC2(CCN(S(=O)(=O)c3cccc(C(F)(F)F)c3)CC2)C1. The van der Waals surface area contributed by atoms with Crippen LogP contribution in [0.2, 0.25) is 0 Å². The first-order chi connectivity index (χ1) is 18.6. The van der Waals surface area contributed by atoms with Crippen LogP contribution in [0.3, 0.4) is 0 Å². The van der Waals surface area contributed by atoms with E-state index in [0.29, 0.717) is 12.7 Å². The molecule has 1 amide bonds. The third-order valence-electron chi connectivity index (χ3n) is 7.61. The lowest BCUT2D eigenvalue weighted by Gasteiger charge is -2.36. The molecule has 39 heavy (non-hydrogen) atoms.